The first-order valence-corrected chi connectivity index (χ1v) is 5.96. The Hall–Kier alpha value is -1.35. The Morgan fingerprint density at radius 3 is 2.76 bits per heavy atom. The summed E-state index contributed by atoms with van der Waals surface area (Å²) < 4.78 is 13.9. The van der Waals surface area contributed by atoms with Crippen molar-refractivity contribution >= 4 is 5.69 Å². The summed E-state index contributed by atoms with van der Waals surface area (Å²) in [6.07, 6.45) is 2.53. The van der Waals surface area contributed by atoms with Crippen LogP contribution in [0, 0.1) is 5.82 Å². The summed E-state index contributed by atoms with van der Waals surface area (Å²) in [5, 5.41) is 9.40. The first-order chi connectivity index (χ1) is 8.08. The third-order valence-corrected chi connectivity index (χ3v) is 3.13. The Kier molecular flexibility index (Phi) is 3.48. The van der Waals surface area contributed by atoms with E-state index in [2.05, 4.69) is 13.0 Å². The molecule has 1 aromatic carbocycles. The molecule has 1 aromatic rings. The van der Waals surface area contributed by atoms with Crippen LogP contribution in [0.4, 0.5) is 10.1 Å². The average Bonchev–Trinajstić information content (AvgIpc) is 2.28. The molecule has 92 valence electrons. The van der Waals surface area contributed by atoms with Crippen LogP contribution in [0.5, 0.6) is 0 Å². The van der Waals surface area contributed by atoms with Gasteiger partial charge in [-0.3, -0.25) is 0 Å². The van der Waals surface area contributed by atoms with E-state index in [-0.39, 0.29) is 5.82 Å². The molecule has 0 saturated heterocycles. The second-order valence-electron chi connectivity index (χ2n) is 4.65. The fourth-order valence-corrected chi connectivity index (χ4v) is 2.16. The van der Waals surface area contributed by atoms with Gasteiger partial charge in [0.25, 0.3) is 0 Å². The van der Waals surface area contributed by atoms with Gasteiger partial charge in [-0.25, -0.2) is 4.39 Å². The minimum atomic E-state index is -0.624. The molecule has 17 heavy (non-hydrogen) atoms. The van der Waals surface area contributed by atoms with Crippen molar-refractivity contribution in [3.05, 3.63) is 41.2 Å². The molecular formula is C14H18FNO. The van der Waals surface area contributed by atoms with Crippen molar-refractivity contribution < 1.29 is 9.50 Å². The lowest BCUT2D eigenvalue weighted by Crippen LogP contribution is -2.29. The van der Waals surface area contributed by atoms with Crippen molar-refractivity contribution in [2.24, 2.45) is 0 Å². The Bertz CT molecular complexity index is 440. The van der Waals surface area contributed by atoms with Crippen LogP contribution < -0.4 is 4.90 Å². The van der Waals surface area contributed by atoms with Gasteiger partial charge < -0.3 is 10.0 Å². The van der Waals surface area contributed by atoms with Crippen molar-refractivity contribution in [3.8, 4) is 0 Å². The summed E-state index contributed by atoms with van der Waals surface area (Å²) in [6, 6.07) is 4.97. The lowest BCUT2D eigenvalue weighted by atomic mass is 10.1. The third kappa shape index (κ3) is 2.67. The van der Waals surface area contributed by atoms with Gasteiger partial charge in [-0.2, -0.15) is 0 Å². The summed E-state index contributed by atoms with van der Waals surface area (Å²) in [5.41, 5.74) is 2.52. The number of aliphatic hydroxyl groups excluding tert-OH is 1. The van der Waals surface area contributed by atoms with Gasteiger partial charge in [0.15, 0.2) is 0 Å². The first kappa shape index (κ1) is 12.1. The molecule has 1 N–H and O–H groups in total. The number of anilines is 1. The van der Waals surface area contributed by atoms with Crippen LogP contribution in [0.3, 0.4) is 0 Å². The van der Waals surface area contributed by atoms with Gasteiger partial charge in [-0.1, -0.05) is 17.7 Å². The van der Waals surface area contributed by atoms with Crippen LogP contribution in [-0.4, -0.2) is 18.2 Å². The minimum absolute atomic E-state index is 0.252. The number of nitrogens with zero attached hydrogens (tertiary/aromatic N) is 1. The Labute approximate surface area is 101 Å². The van der Waals surface area contributed by atoms with Gasteiger partial charge in [0.05, 0.1) is 11.8 Å². The molecule has 3 heteroatoms. The lowest BCUT2D eigenvalue weighted by Gasteiger charge is -2.28. The van der Waals surface area contributed by atoms with Crippen LogP contribution in [0.2, 0.25) is 0 Å². The van der Waals surface area contributed by atoms with Gasteiger partial charge in [-0.15, -0.1) is 0 Å². The highest BCUT2D eigenvalue weighted by molar-refractivity contribution is 5.51. The number of hydrogen-bond acceptors (Lipinski definition) is 2. The van der Waals surface area contributed by atoms with Crippen molar-refractivity contribution in [2.75, 3.05) is 18.0 Å². The number of aliphatic hydroxyl groups is 1. The highest BCUT2D eigenvalue weighted by Crippen LogP contribution is 2.25. The predicted molar refractivity (Wildman–Crippen MR) is 67.6 cm³/mol. The Morgan fingerprint density at radius 2 is 2.18 bits per heavy atom. The van der Waals surface area contributed by atoms with Gasteiger partial charge >= 0.3 is 0 Å². The summed E-state index contributed by atoms with van der Waals surface area (Å²) in [5.74, 6) is -0.252. The van der Waals surface area contributed by atoms with E-state index in [1.807, 2.05) is 4.90 Å². The average molecular weight is 235 g/mol. The molecule has 1 aliphatic rings. The quantitative estimate of drug-likeness (QED) is 0.796. The molecule has 2 nitrogen and oxygen atoms in total. The maximum Gasteiger partial charge on any atom is 0.146 e. The number of benzene rings is 1. The molecule has 1 atom stereocenters. The van der Waals surface area contributed by atoms with E-state index in [0.29, 0.717) is 11.3 Å². The predicted octanol–water partition coefficient (Wildman–Crippen LogP) is 3.04. The third-order valence-electron chi connectivity index (χ3n) is 3.13. The lowest BCUT2D eigenvalue weighted by molar-refractivity contribution is 0.199. The fraction of sp³-hybridized carbons (Fsp3) is 0.429. The molecule has 0 bridgehead atoms. The molecule has 0 saturated carbocycles. The maximum atomic E-state index is 13.9. The van der Waals surface area contributed by atoms with Crippen molar-refractivity contribution in [1.29, 1.82) is 0 Å². The largest absolute Gasteiger partial charge is 0.389 e. The van der Waals surface area contributed by atoms with E-state index in [1.54, 1.807) is 19.1 Å². The highest BCUT2D eigenvalue weighted by Gasteiger charge is 2.15. The van der Waals surface area contributed by atoms with Crippen LogP contribution >= 0.6 is 0 Å². The standard InChI is InChI=1S/C14H18FNO/c1-10-4-3-7-16(9-10)14-6-5-12(11(2)17)8-13(14)15/h4-6,8,11,17H,3,7,9H2,1-2H3. The number of hydrogen-bond donors (Lipinski definition) is 1. The van der Waals surface area contributed by atoms with E-state index >= 15 is 0 Å². The van der Waals surface area contributed by atoms with Crippen LogP contribution in [0.15, 0.2) is 29.8 Å². The molecule has 0 fully saturated rings. The molecular weight excluding hydrogens is 217 g/mol. The highest BCUT2D eigenvalue weighted by atomic mass is 19.1. The van der Waals surface area contributed by atoms with Crippen molar-refractivity contribution in [3.63, 3.8) is 0 Å². The zero-order valence-electron chi connectivity index (χ0n) is 10.3. The van der Waals surface area contributed by atoms with Crippen molar-refractivity contribution in [2.45, 2.75) is 26.4 Å². The van der Waals surface area contributed by atoms with E-state index < -0.39 is 6.10 Å². The molecule has 0 aromatic heterocycles. The summed E-state index contributed by atoms with van der Waals surface area (Å²) in [7, 11) is 0. The monoisotopic (exact) mass is 235 g/mol. The molecule has 0 radical (unpaired) electrons. The van der Waals surface area contributed by atoms with Gasteiger partial charge in [0.1, 0.15) is 5.82 Å². The maximum absolute atomic E-state index is 13.9. The van der Waals surface area contributed by atoms with Gasteiger partial charge in [0.2, 0.25) is 0 Å². The molecule has 0 amide bonds. The summed E-state index contributed by atoms with van der Waals surface area (Å²) in [4.78, 5) is 2.04. The van der Waals surface area contributed by atoms with Crippen LogP contribution in [0.25, 0.3) is 0 Å². The summed E-state index contributed by atoms with van der Waals surface area (Å²) >= 11 is 0. The van der Waals surface area contributed by atoms with Crippen molar-refractivity contribution in [1.82, 2.24) is 0 Å². The second kappa shape index (κ2) is 4.88. The zero-order valence-corrected chi connectivity index (χ0v) is 10.3. The zero-order chi connectivity index (χ0) is 12.4. The normalized spacial score (nSPS) is 17.9. The van der Waals surface area contributed by atoms with Crippen LogP contribution in [-0.2, 0) is 0 Å². The topological polar surface area (TPSA) is 23.5 Å². The van der Waals surface area contributed by atoms with E-state index in [0.717, 1.165) is 19.5 Å². The molecule has 0 spiro atoms. The fourth-order valence-electron chi connectivity index (χ4n) is 2.16. The number of halogens is 1. The summed E-state index contributed by atoms with van der Waals surface area (Å²) in [6.45, 7) is 5.34. The molecule has 1 heterocycles. The van der Waals surface area contributed by atoms with Crippen LogP contribution in [0.1, 0.15) is 31.9 Å². The SMILES string of the molecule is CC1=CCCN(c2ccc(C(C)O)cc2F)C1. The van der Waals surface area contributed by atoms with E-state index in [9.17, 15) is 9.50 Å². The van der Waals surface area contributed by atoms with Gasteiger partial charge in [-0.05, 0) is 38.0 Å². The molecule has 1 aliphatic heterocycles. The smallest absolute Gasteiger partial charge is 0.146 e. The van der Waals surface area contributed by atoms with Gasteiger partial charge in [0, 0.05) is 13.1 Å². The Balaban J connectivity index is 2.25. The minimum Gasteiger partial charge on any atom is -0.389 e. The molecule has 0 aliphatic carbocycles. The van der Waals surface area contributed by atoms with E-state index in [1.165, 1.54) is 11.6 Å². The van der Waals surface area contributed by atoms with E-state index in [4.69, 9.17) is 0 Å². The first-order valence-electron chi connectivity index (χ1n) is 5.96. The number of rotatable bonds is 2. The second-order valence-corrected chi connectivity index (χ2v) is 4.65. The molecule has 1 unspecified atom stereocenters. The Morgan fingerprint density at radius 1 is 1.41 bits per heavy atom. The molecule has 2 rings (SSSR count).